The van der Waals surface area contributed by atoms with Crippen LogP contribution in [0.5, 0.6) is 0 Å². The van der Waals surface area contributed by atoms with Crippen molar-refractivity contribution in [2.45, 2.75) is 10.6 Å². The van der Waals surface area contributed by atoms with Crippen LogP contribution >= 0.6 is 34.7 Å². The van der Waals surface area contributed by atoms with Gasteiger partial charge < -0.3 is 5.73 Å². The lowest BCUT2D eigenvalue weighted by molar-refractivity contribution is 1.23. The molecule has 0 bridgehead atoms. The molecule has 3 aromatic rings. The first-order chi connectivity index (χ1) is 10.2. The lowest BCUT2D eigenvalue weighted by Crippen LogP contribution is -1.89. The SMILES string of the molecule is Nc1cc(Cl)ccc1SCc1csc(-c2ccccc2)n1. The van der Waals surface area contributed by atoms with Crippen molar-refractivity contribution in [3.8, 4) is 10.6 Å². The first-order valence-electron chi connectivity index (χ1n) is 6.40. The van der Waals surface area contributed by atoms with Crippen molar-refractivity contribution in [1.82, 2.24) is 4.98 Å². The molecular formula is C16H13ClN2S2. The van der Waals surface area contributed by atoms with Gasteiger partial charge in [-0.05, 0) is 18.2 Å². The van der Waals surface area contributed by atoms with Gasteiger partial charge in [0, 0.05) is 32.3 Å². The first-order valence-corrected chi connectivity index (χ1v) is 8.64. The van der Waals surface area contributed by atoms with Crippen molar-refractivity contribution in [2.24, 2.45) is 0 Å². The molecule has 3 rings (SSSR count). The number of nitrogen functional groups attached to an aromatic ring is 1. The summed E-state index contributed by atoms with van der Waals surface area (Å²) in [4.78, 5) is 5.71. The van der Waals surface area contributed by atoms with E-state index >= 15 is 0 Å². The van der Waals surface area contributed by atoms with Crippen LogP contribution in [0.3, 0.4) is 0 Å². The van der Waals surface area contributed by atoms with Gasteiger partial charge in [-0.3, -0.25) is 0 Å². The summed E-state index contributed by atoms with van der Waals surface area (Å²) in [6.45, 7) is 0. The number of aromatic nitrogens is 1. The van der Waals surface area contributed by atoms with E-state index in [0.29, 0.717) is 10.7 Å². The highest BCUT2D eigenvalue weighted by Gasteiger charge is 2.06. The van der Waals surface area contributed by atoms with E-state index in [2.05, 4.69) is 22.5 Å². The zero-order valence-electron chi connectivity index (χ0n) is 11.1. The number of rotatable bonds is 4. The number of benzene rings is 2. The highest BCUT2D eigenvalue weighted by molar-refractivity contribution is 7.98. The monoisotopic (exact) mass is 332 g/mol. The Balaban J connectivity index is 1.70. The van der Waals surface area contributed by atoms with Crippen LogP contribution in [0.15, 0.2) is 58.8 Å². The molecular weight excluding hydrogens is 320 g/mol. The quantitative estimate of drug-likeness (QED) is 0.518. The number of thiazole rings is 1. The van der Waals surface area contributed by atoms with Gasteiger partial charge in [-0.2, -0.15) is 0 Å². The lowest BCUT2D eigenvalue weighted by Gasteiger charge is -2.04. The summed E-state index contributed by atoms with van der Waals surface area (Å²) in [5.41, 5.74) is 8.90. The molecule has 1 aromatic heterocycles. The molecule has 2 nitrogen and oxygen atoms in total. The second kappa shape index (κ2) is 6.52. The molecule has 0 atom stereocenters. The maximum atomic E-state index is 5.96. The summed E-state index contributed by atoms with van der Waals surface area (Å²) >= 11 is 9.25. The molecule has 106 valence electrons. The summed E-state index contributed by atoms with van der Waals surface area (Å²) in [6.07, 6.45) is 0. The third-order valence-corrected chi connectivity index (χ3v) is 5.22. The van der Waals surface area contributed by atoms with Crippen molar-refractivity contribution in [3.05, 3.63) is 64.6 Å². The Morgan fingerprint density at radius 2 is 1.95 bits per heavy atom. The summed E-state index contributed by atoms with van der Waals surface area (Å²) in [6, 6.07) is 15.8. The lowest BCUT2D eigenvalue weighted by atomic mass is 10.2. The predicted molar refractivity (Wildman–Crippen MR) is 93.0 cm³/mol. The van der Waals surface area contributed by atoms with E-state index in [9.17, 15) is 0 Å². The van der Waals surface area contributed by atoms with Gasteiger partial charge >= 0.3 is 0 Å². The van der Waals surface area contributed by atoms with Gasteiger partial charge in [0.2, 0.25) is 0 Å². The van der Waals surface area contributed by atoms with Crippen LogP contribution in [-0.2, 0) is 5.75 Å². The Labute approximate surface area is 137 Å². The van der Waals surface area contributed by atoms with Gasteiger partial charge in [0.15, 0.2) is 0 Å². The fraction of sp³-hybridized carbons (Fsp3) is 0.0625. The number of hydrogen-bond acceptors (Lipinski definition) is 4. The van der Waals surface area contributed by atoms with Crippen molar-refractivity contribution < 1.29 is 0 Å². The topological polar surface area (TPSA) is 38.9 Å². The smallest absolute Gasteiger partial charge is 0.123 e. The van der Waals surface area contributed by atoms with Crippen molar-refractivity contribution >= 4 is 40.4 Å². The second-order valence-electron chi connectivity index (χ2n) is 4.48. The van der Waals surface area contributed by atoms with Gasteiger partial charge in [-0.15, -0.1) is 23.1 Å². The van der Waals surface area contributed by atoms with E-state index in [1.54, 1.807) is 29.2 Å². The Kier molecular flexibility index (Phi) is 4.48. The van der Waals surface area contributed by atoms with E-state index in [1.165, 1.54) is 0 Å². The first kappa shape index (κ1) is 14.4. The molecule has 0 amide bonds. The Bertz CT molecular complexity index is 741. The van der Waals surface area contributed by atoms with E-state index < -0.39 is 0 Å². The summed E-state index contributed by atoms with van der Waals surface area (Å²) < 4.78 is 0. The van der Waals surface area contributed by atoms with Crippen LogP contribution in [0.4, 0.5) is 5.69 Å². The average Bonchev–Trinajstić information content (AvgIpc) is 2.96. The number of anilines is 1. The zero-order chi connectivity index (χ0) is 14.7. The van der Waals surface area contributed by atoms with Gasteiger partial charge in [0.1, 0.15) is 5.01 Å². The van der Waals surface area contributed by atoms with Crippen molar-refractivity contribution in [1.29, 1.82) is 0 Å². The number of halogens is 1. The minimum absolute atomic E-state index is 0.664. The molecule has 2 aromatic carbocycles. The maximum absolute atomic E-state index is 5.96. The van der Waals surface area contributed by atoms with Gasteiger partial charge in [0.25, 0.3) is 0 Å². The highest BCUT2D eigenvalue weighted by atomic mass is 35.5. The molecule has 0 unspecified atom stereocenters. The van der Waals surface area contributed by atoms with E-state index in [-0.39, 0.29) is 0 Å². The maximum Gasteiger partial charge on any atom is 0.123 e. The van der Waals surface area contributed by atoms with E-state index in [1.807, 2.05) is 30.3 Å². The number of nitrogens with zero attached hydrogens (tertiary/aromatic N) is 1. The van der Waals surface area contributed by atoms with E-state index in [4.69, 9.17) is 17.3 Å². The van der Waals surface area contributed by atoms with Crippen molar-refractivity contribution in [3.63, 3.8) is 0 Å². The molecule has 0 radical (unpaired) electrons. The predicted octanol–water partition coefficient (Wildman–Crippen LogP) is 5.34. The molecule has 0 aliphatic carbocycles. The number of thioether (sulfide) groups is 1. The summed E-state index contributed by atoms with van der Waals surface area (Å²) in [7, 11) is 0. The molecule has 0 aliphatic rings. The Hall–Kier alpha value is -1.49. The Morgan fingerprint density at radius 1 is 1.14 bits per heavy atom. The molecule has 2 N–H and O–H groups in total. The van der Waals surface area contributed by atoms with E-state index in [0.717, 1.165) is 26.9 Å². The fourth-order valence-corrected chi connectivity index (χ4v) is 3.84. The highest BCUT2D eigenvalue weighted by Crippen LogP contribution is 2.31. The number of hydrogen-bond donors (Lipinski definition) is 1. The number of nitrogens with two attached hydrogens (primary N) is 1. The minimum Gasteiger partial charge on any atom is -0.398 e. The fourth-order valence-electron chi connectivity index (χ4n) is 1.89. The Morgan fingerprint density at radius 3 is 2.71 bits per heavy atom. The molecule has 0 fully saturated rings. The normalized spacial score (nSPS) is 10.7. The third-order valence-electron chi connectivity index (χ3n) is 2.92. The van der Waals surface area contributed by atoms with Crippen LogP contribution in [0.1, 0.15) is 5.69 Å². The summed E-state index contributed by atoms with van der Waals surface area (Å²) in [5, 5.41) is 3.81. The second-order valence-corrected chi connectivity index (χ2v) is 6.79. The molecule has 21 heavy (non-hydrogen) atoms. The molecule has 0 saturated carbocycles. The molecule has 0 saturated heterocycles. The van der Waals surface area contributed by atoms with Crippen LogP contribution in [-0.4, -0.2) is 4.98 Å². The minimum atomic E-state index is 0.664. The average molecular weight is 333 g/mol. The van der Waals surface area contributed by atoms with Crippen molar-refractivity contribution in [2.75, 3.05) is 5.73 Å². The van der Waals surface area contributed by atoms with Crippen LogP contribution < -0.4 is 5.73 Å². The summed E-state index contributed by atoms with van der Waals surface area (Å²) in [5.74, 6) is 0.801. The molecule has 5 heteroatoms. The van der Waals surface area contributed by atoms with Crippen LogP contribution in [0, 0.1) is 0 Å². The van der Waals surface area contributed by atoms with Gasteiger partial charge in [0.05, 0.1) is 5.69 Å². The van der Waals surface area contributed by atoms with Gasteiger partial charge in [-0.1, -0.05) is 41.9 Å². The molecule has 1 heterocycles. The largest absolute Gasteiger partial charge is 0.398 e. The van der Waals surface area contributed by atoms with Gasteiger partial charge in [-0.25, -0.2) is 4.98 Å². The molecule has 0 spiro atoms. The third kappa shape index (κ3) is 3.59. The standard InChI is InChI=1S/C16H13ClN2S2/c17-12-6-7-15(14(18)8-12)20-9-13-10-21-16(19-13)11-4-2-1-3-5-11/h1-8,10H,9,18H2. The van der Waals surface area contributed by atoms with Crippen LogP contribution in [0.2, 0.25) is 5.02 Å². The zero-order valence-corrected chi connectivity index (χ0v) is 13.5. The molecule has 0 aliphatic heterocycles. The van der Waals surface area contributed by atoms with Crippen LogP contribution in [0.25, 0.3) is 10.6 Å².